The Kier molecular flexibility index (Phi) is 4.10. The monoisotopic (exact) mass is 268 g/mol. The van der Waals surface area contributed by atoms with Crippen molar-refractivity contribution < 1.29 is 10.2 Å². The largest absolute Gasteiger partial charge is 0.393 e. The molecule has 6 nitrogen and oxygen atoms in total. The molecule has 2 aliphatic rings. The number of aliphatic hydroxyl groups excluding tert-OH is 1. The Bertz CT molecular complexity index is 359. The lowest BCUT2D eigenvalue weighted by Gasteiger charge is -2.45. The topological polar surface area (TPSA) is 117 Å². The summed E-state index contributed by atoms with van der Waals surface area (Å²) in [5, 5.41) is 27.2. The van der Waals surface area contributed by atoms with Crippen LogP contribution < -0.4 is 11.5 Å². The molecule has 0 bridgehead atoms. The van der Waals surface area contributed by atoms with Gasteiger partial charge in [0.2, 0.25) is 5.96 Å². The van der Waals surface area contributed by atoms with Gasteiger partial charge in [0.15, 0.2) is 0 Å². The van der Waals surface area contributed by atoms with Crippen LogP contribution in [0.1, 0.15) is 51.4 Å². The molecular weight excluding hydrogens is 244 g/mol. The number of guanidine groups is 1. The van der Waals surface area contributed by atoms with E-state index in [-0.39, 0.29) is 12.1 Å². The van der Waals surface area contributed by atoms with Crippen molar-refractivity contribution in [2.24, 2.45) is 27.1 Å². The quantitative estimate of drug-likeness (QED) is 0.331. The third kappa shape index (κ3) is 3.67. The highest BCUT2D eigenvalue weighted by Crippen LogP contribution is 2.49. The zero-order valence-corrected chi connectivity index (χ0v) is 11.3. The van der Waals surface area contributed by atoms with Gasteiger partial charge in [-0.3, -0.25) is 0 Å². The van der Waals surface area contributed by atoms with Crippen LogP contribution >= 0.6 is 0 Å². The smallest absolute Gasteiger partial charge is 0.211 e. The minimum Gasteiger partial charge on any atom is -0.393 e. The van der Waals surface area contributed by atoms with Crippen molar-refractivity contribution in [1.82, 2.24) is 0 Å². The van der Waals surface area contributed by atoms with E-state index in [0.29, 0.717) is 18.3 Å². The molecule has 0 aliphatic heterocycles. The molecule has 0 heterocycles. The first kappa shape index (κ1) is 14.3. The molecule has 0 saturated heterocycles. The fraction of sp³-hybridized carbons (Fsp3) is 0.846. The van der Waals surface area contributed by atoms with Crippen molar-refractivity contribution in [2.75, 3.05) is 0 Å². The molecule has 2 aliphatic carbocycles. The van der Waals surface area contributed by atoms with E-state index in [1.165, 1.54) is 6.21 Å². The molecule has 2 saturated carbocycles. The van der Waals surface area contributed by atoms with Crippen LogP contribution in [0.2, 0.25) is 0 Å². The average molecular weight is 268 g/mol. The van der Waals surface area contributed by atoms with E-state index in [9.17, 15) is 10.2 Å². The van der Waals surface area contributed by atoms with Crippen molar-refractivity contribution in [3.05, 3.63) is 0 Å². The van der Waals surface area contributed by atoms with E-state index in [4.69, 9.17) is 11.5 Å². The maximum absolute atomic E-state index is 10.4. The van der Waals surface area contributed by atoms with Gasteiger partial charge in [0.1, 0.15) is 5.60 Å². The van der Waals surface area contributed by atoms with Gasteiger partial charge in [-0.25, -0.2) is 0 Å². The second-order valence-corrected chi connectivity index (χ2v) is 6.10. The number of hydrogen-bond donors (Lipinski definition) is 4. The summed E-state index contributed by atoms with van der Waals surface area (Å²) in [4.78, 5) is 0. The Hall–Kier alpha value is -1.14. The summed E-state index contributed by atoms with van der Waals surface area (Å²) in [6.07, 6.45) is 8.56. The summed E-state index contributed by atoms with van der Waals surface area (Å²) < 4.78 is 0. The summed E-state index contributed by atoms with van der Waals surface area (Å²) >= 11 is 0. The number of rotatable bonds is 2. The van der Waals surface area contributed by atoms with E-state index in [1.807, 2.05) is 0 Å². The lowest BCUT2D eigenvalue weighted by atomic mass is 9.62. The Labute approximate surface area is 113 Å². The zero-order chi connectivity index (χ0) is 13.9. The third-order valence-electron chi connectivity index (χ3n) is 4.66. The molecule has 0 atom stereocenters. The highest BCUT2D eigenvalue weighted by Gasteiger charge is 2.42. The molecule has 19 heavy (non-hydrogen) atoms. The maximum atomic E-state index is 10.4. The Morgan fingerprint density at radius 2 is 1.63 bits per heavy atom. The molecule has 6 N–H and O–H groups in total. The van der Waals surface area contributed by atoms with E-state index >= 15 is 0 Å². The van der Waals surface area contributed by atoms with E-state index in [1.54, 1.807) is 0 Å². The number of nitrogens with zero attached hydrogens (tertiary/aromatic N) is 2. The van der Waals surface area contributed by atoms with Crippen LogP contribution in [0.3, 0.4) is 0 Å². The maximum Gasteiger partial charge on any atom is 0.211 e. The van der Waals surface area contributed by atoms with Gasteiger partial charge in [0.05, 0.1) is 12.3 Å². The molecule has 2 rings (SSSR count). The van der Waals surface area contributed by atoms with Crippen molar-refractivity contribution in [1.29, 1.82) is 0 Å². The van der Waals surface area contributed by atoms with Crippen molar-refractivity contribution in [3.63, 3.8) is 0 Å². The van der Waals surface area contributed by atoms with E-state index in [0.717, 1.165) is 38.5 Å². The fourth-order valence-electron chi connectivity index (χ4n) is 3.26. The van der Waals surface area contributed by atoms with Gasteiger partial charge in [-0.15, -0.1) is 5.10 Å². The van der Waals surface area contributed by atoms with Crippen LogP contribution in [0, 0.1) is 5.41 Å². The fourth-order valence-corrected chi connectivity index (χ4v) is 3.26. The van der Waals surface area contributed by atoms with Crippen LogP contribution in [0.15, 0.2) is 10.2 Å². The molecule has 0 amide bonds. The van der Waals surface area contributed by atoms with Gasteiger partial charge >= 0.3 is 0 Å². The van der Waals surface area contributed by atoms with Gasteiger partial charge in [0.25, 0.3) is 0 Å². The molecule has 0 aromatic carbocycles. The van der Waals surface area contributed by atoms with Crippen LogP contribution in [0.4, 0.5) is 0 Å². The summed E-state index contributed by atoms with van der Waals surface area (Å²) in [6, 6.07) is 0. The normalized spacial score (nSPS) is 39.6. The molecule has 108 valence electrons. The summed E-state index contributed by atoms with van der Waals surface area (Å²) in [7, 11) is 0. The van der Waals surface area contributed by atoms with E-state index in [2.05, 4.69) is 10.2 Å². The number of nitrogens with two attached hydrogens (primary N) is 2. The third-order valence-corrected chi connectivity index (χ3v) is 4.66. The van der Waals surface area contributed by atoms with Crippen molar-refractivity contribution in [2.45, 2.75) is 63.1 Å². The molecule has 0 aromatic heterocycles. The molecule has 1 spiro atoms. The van der Waals surface area contributed by atoms with Gasteiger partial charge in [0, 0.05) is 0 Å². The standard InChI is InChI=1S/C13H24N4O2/c14-11(15)17-16-9-13(19)7-5-12(6-8-13)3-1-10(18)2-4-12/h9-10,18-19H,1-8H2,(H4,14,15,17)/b16-9+. The number of aliphatic hydroxyl groups is 2. The lowest BCUT2D eigenvalue weighted by molar-refractivity contribution is -0.0162. The van der Waals surface area contributed by atoms with E-state index < -0.39 is 5.60 Å². The molecule has 0 radical (unpaired) electrons. The van der Waals surface area contributed by atoms with Gasteiger partial charge in [-0.2, -0.15) is 5.10 Å². The van der Waals surface area contributed by atoms with Crippen LogP contribution in [0.25, 0.3) is 0 Å². The van der Waals surface area contributed by atoms with Gasteiger partial charge in [-0.05, 0) is 56.8 Å². The predicted octanol–water partition coefficient (Wildman–Crippen LogP) is 0.472. The summed E-state index contributed by atoms with van der Waals surface area (Å²) in [6.45, 7) is 0. The van der Waals surface area contributed by atoms with Crippen LogP contribution in [-0.4, -0.2) is 34.1 Å². The minimum atomic E-state index is -0.889. The first-order valence-electron chi connectivity index (χ1n) is 6.97. The van der Waals surface area contributed by atoms with Crippen molar-refractivity contribution in [3.8, 4) is 0 Å². The first-order valence-corrected chi connectivity index (χ1v) is 6.97. The minimum absolute atomic E-state index is 0.103. The second-order valence-electron chi connectivity index (χ2n) is 6.10. The SMILES string of the molecule is NC(N)=N/N=C/C1(O)CCC2(CCC(O)CC2)CC1. The lowest BCUT2D eigenvalue weighted by Crippen LogP contribution is -2.42. The number of hydrogen-bond acceptors (Lipinski definition) is 4. The Morgan fingerprint density at radius 3 is 2.16 bits per heavy atom. The molecule has 6 heteroatoms. The molecule has 2 fully saturated rings. The Morgan fingerprint density at radius 1 is 1.05 bits per heavy atom. The second kappa shape index (κ2) is 5.46. The molecular formula is C13H24N4O2. The predicted molar refractivity (Wildman–Crippen MR) is 74.6 cm³/mol. The van der Waals surface area contributed by atoms with Crippen LogP contribution in [-0.2, 0) is 0 Å². The molecule has 0 unspecified atom stereocenters. The highest BCUT2D eigenvalue weighted by molar-refractivity contribution is 5.77. The summed E-state index contributed by atoms with van der Waals surface area (Å²) in [5.74, 6) is -0.103. The summed E-state index contributed by atoms with van der Waals surface area (Å²) in [5.41, 5.74) is 9.80. The highest BCUT2D eigenvalue weighted by atomic mass is 16.3. The Balaban J connectivity index is 1.91. The van der Waals surface area contributed by atoms with Crippen LogP contribution in [0.5, 0.6) is 0 Å². The average Bonchev–Trinajstić information content (AvgIpc) is 2.37. The van der Waals surface area contributed by atoms with Gasteiger partial charge < -0.3 is 21.7 Å². The van der Waals surface area contributed by atoms with Gasteiger partial charge in [-0.1, -0.05) is 0 Å². The van der Waals surface area contributed by atoms with Crippen molar-refractivity contribution >= 4 is 12.2 Å². The molecule has 0 aromatic rings. The first-order chi connectivity index (χ1) is 8.93. The zero-order valence-electron chi connectivity index (χ0n) is 11.3.